The summed E-state index contributed by atoms with van der Waals surface area (Å²) in [6.07, 6.45) is -4.26. The van der Waals surface area contributed by atoms with Gasteiger partial charge in [-0.1, -0.05) is 0 Å². The maximum absolute atomic E-state index is 12.4. The highest BCUT2D eigenvalue weighted by Gasteiger charge is 2.29. The molecule has 0 N–H and O–H groups in total. The quantitative estimate of drug-likeness (QED) is 0.752. The first-order chi connectivity index (χ1) is 7.37. The molecule has 86 valence electrons. The van der Waals surface area contributed by atoms with Crippen molar-refractivity contribution < 1.29 is 13.2 Å². The number of halogens is 3. The molecule has 6 heteroatoms. The average Bonchev–Trinajstić information content (AvgIpc) is 2.42. The molecule has 0 unspecified atom stereocenters. The second-order valence-corrected chi connectivity index (χ2v) is 3.66. The molecule has 0 aliphatic rings. The highest BCUT2D eigenvalue weighted by atomic mass is 19.4. The maximum Gasteiger partial charge on any atom is 0.406 e. The van der Waals surface area contributed by atoms with Gasteiger partial charge >= 0.3 is 6.18 Å². The van der Waals surface area contributed by atoms with Crippen molar-refractivity contribution in [3.8, 4) is 0 Å². The summed E-state index contributed by atoms with van der Waals surface area (Å²) in [4.78, 5) is 8.12. The van der Waals surface area contributed by atoms with Crippen LogP contribution in [0.4, 0.5) is 13.2 Å². The lowest BCUT2D eigenvalue weighted by atomic mass is 10.3. The van der Waals surface area contributed by atoms with E-state index in [9.17, 15) is 13.2 Å². The smallest absolute Gasteiger partial charge is 0.304 e. The van der Waals surface area contributed by atoms with Gasteiger partial charge in [-0.3, -0.25) is 0 Å². The third kappa shape index (κ3) is 2.00. The van der Waals surface area contributed by atoms with E-state index in [0.29, 0.717) is 17.0 Å². The van der Waals surface area contributed by atoms with Gasteiger partial charge in [0.25, 0.3) is 0 Å². The molecule has 2 heterocycles. The molecule has 0 atom stereocenters. The largest absolute Gasteiger partial charge is 0.406 e. The van der Waals surface area contributed by atoms with Crippen LogP contribution in [0.5, 0.6) is 0 Å². The van der Waals surface area contributed by atoms with Gasteiger partial charge in [0.15, 0.2) is 5.65 Å². The van der Waals surface area contributed by atoms with Crippen LogP contribution in [0, 0.1) is 13.8 Å². The normalized spacial score (nSPS) is 12.3. The summed E-state index contributed by atoms with van der Waals surface area (Å²) in [5, 5.41) is 0. The van der Waals surface area contributed by atoms with E-state index in [0.717, 1.165) is 4.57 Å². The minimum Gasteiger partial charge on any atom is -0.304 e. The number of fused-ring (bicyclic) bond motifs is 1. The fourth-order valence-corrected chi connectivity index (χ4v) is 1.58. The standard InChI is InChI=1S/C10H10F3N3/c1-6-3-4-8-9(14-6)16(7(2)15-8)5-10(11,12)13/h3-4H,5H2,1-2H3. The van der Waals surface area contributed by atoms with E-state index < -0.39 is 12.7 Å². The van der Waals surface area contributed by atoms with E-state index in [1.165, 1.54) is 0 Å². The Bertz CT molecular complexity index is 528. The average molecular weight is 229 g/mol. The summed E-state index contributed by atoms with van der Waals surface area (Å²) >= 11 is 0. The Morgan fingerprint density at radius 1 is 1.19 bits per heavy atom. The van der Waals surface area contributed by atoms with Gasteiger partial charge in [-0.25, -0.2) is 9.97 Å². The molecule has 2 aromatic rings. The van der Waals surface area contributed by atoms with Gasteiger partial charge in [-0.15, -0.1) is 0 Å². The van der Waals surface area contributed by atoms with E-state index in [1.807, 2.05) is 0 Å². The lowest BCUT2D eigenvalue weighted by Crippen LogP contribution is -2.18. The summed E-state index contributed by atoms with van der Waals surface area (Å²) < 4.78 is 38.1. The van der Waals surface area contributed by atoms with E-state index in [-0.39, 0.29) is 5.65 Å². The molecule has 0 spiro atoms. The van der Waals surface area contributed by atoms with Gasteiger partial charge in [0.05, 0.1) is 0 Å². The van der Waals surface area contributed by atoms with Crippen LogP contribution in [-0.4, -0.2) is 20.7 Å². The predicted molar refractivity (Wildman–Crippen MR) is 53.1 cm³/mol. The molecule has 0 aliphatic heterocycles. The molecule has 0 amide bonds. The Morgan fingerprint density at radius 2 is 1.88 bits per heavy atom. The molecule has 3 nitrogen and oxygen atoms in total. The molecule has 0 saturated heterocycles. The van der Waals surface area contributed by atoms with Gasteiger partial charge in [0, 0.05) is 5.69 Å². The van der Waals surface area contributed by atoms with Gasteiger partial charge in [0.2, 0.25) is 0 Å². The fraction of sp³-hybridized carbons (Fsp3) is 0.400. The summed E-state index contributed by atoms with van der Waals surface area (Å²) in [6, 6.07) is 3.41. The van der Waals surface area contributed by atoms with Crippen molar-refractivity contribution in [1.29, 1.82) is 0 Å². The Kier molecular flexibility index (Phi) is 2.36. The number of nitrogens with zero attached hydrogens (tertiary/aromatic N) is 3. The van der Waals surface area contributed by atoms with Crippen LogP contribution in [0.2, 0.25) is 0 Å². The zero-order valence-electron chi connectivity index (χ0n) is 8.84. The molecule has 2 rings (SSSR count). The zero-order valence-corrected chi connectivity index (χ0v) is 8.84. The summed E-state index contributed by atoms with van der Waals surface area (Å²) in [6.45, 7) is 2.23. The van der Waals surface area contributed by atoms with Crippen LogP contribution >= 0.6 is 0 Å². The van der Waals surface area contributed by atoms with E-state index >= 15 is 0 Å². The van der Waals surface area contributed by atoms with Gasteiger partial charge in [0.1, 0.15) is 17.9 Å². The van der Waals surface area contributed by atoms with Crippen LogP contribution in [0.25, 0.3) is 11.2 Å². The van der Waals surface area contributed by atoms with Gasteiger partial charge < -0.3 is 4.57 Å². The number of pyridine rings is 1. The minimum atomic E-state index is -4.26. The number of hydrogen-bond donors (Lipinski definition) is 0. The lowest BCUT2D eigenvalue weighted by Gasteiger charge is -2.09. The summed E-state index contributed by atoms with van der Waals surface area (Å²) in [7, 11) is 0. The Balaban J connectivity index is 2.58. The Hall–Kier alpha value is -1.59. The molecule has 0 fully saturated rings. The van der Waals surface area contributed by atoms with Crippen LogP contribution < -0.4 is 0 Å². The third-order valence-electron chi connectivity index (χ3n) is 2.26. The first-order valence-corrected chi connectivity index (χ1v) is 4.74. The van der Waals surface area contributed by atoms with Crippen molar-refractivity contribution in [2.24, 2.45) is 0 Å². The van der Waals surface area contributed by atoms with E-state index in [2.05, 4.69) is 9.97 Å². The van der Waals surface area contributed by atoms with Crippen LogP contribution in [0.3, 0.4) is 0 Å². The van der Waals surface area contributed by atoms with E-state index in [4.69, 9.17) is 0 Å². The topological polar surface area (TPSA) is 30.7 Å². The molecule has 0 aromatic carbocycles. The molecule has 0 aliphatic carbocycles. The number of rotatable bonds is 1. The van der Waals surface area contributed by atoms with Crippen LogP contribution in [0.1, 0.15) is 11.5 Å². The predicted octanol–water partition coefficient (Wildman–Crippen LogP) is 2.61. The molecule has 0 bridgehead atoms. The van der Waals surface area contributed by atoms with Gasteiger partial charge in [-0.05, 0) is 26.0 Å². The first-order valence-electron chi connectivity index (χ1n) is 4.74. The minimum absolute atomic E-state index is 0.287. The van der Waals surface area contributed by atoms with Crippen molar-refractivity contribution in [1.82, 2.24) is 14.5 Å². The number of hydrogen-bond acceptors (Lipinski definition) is 2. The first kappa shape index (κ1) is 10.9. The maximum atomic E-state index is 12.4. The Morgan fingerprint density at radius 3 is 2.50 bits per heavy atom. The van der Waals surface area contributed by atoms with Crippen molar-refractivity contribution in [2.45, 2.75) is 26.6 Å². The molecular formula is C10H10F3N3. The lowest BCUT2D eigenvalue weighted by molar-refractivity contribution is -0.140. The second kappa shape index (κ2) is 3.47. The molecule has 2 aromatic heterocycles. The molecular weight excluding hydrogens is 219 g/mol. The highest BCUT2D eigenvalue weighted by molar-refractivity contribution is 5.71. The number of aryl methyl sites for hydroxylation is 2. The number of aromatic nitrogens is 3. The van der Waals surface area contributed by atoms with Crippen LogP contribution in [-0.2, 0) is 6.54 Å². The van der Waals surface area contributed by atoms with Gasteiger partial charge in [-0.2, -0.15) is 13.2 Å². The Labute approximate surface area is 89.9 Å². The third-order valence-corrected chi connectivity index (χ3v) is 2.26. The van der Waals surface area contributed by atoms with Crippen molar-refractivity contribution >= 4 is 11.2 Å². The van der Waals surface area contributed by atoms with Crippen molar-refractivity contribution in [2.75, 3.05) is 0 Å². The fourth-order valence-electron chi connectivity index (χ4n) is 1.58. The van der Waals surface area contributed by atoms with Crippen molar-refractivity contribution in [3.63, 3.8) is 0 Å². The number of alkyl halides is 3. The number of imidazole rings is 1. The summed E-state index contributed by atoms with van der Waals surface area (Å²) in [5.41, 5.74) is 1.46. The SMILES string of the molecule is Cc1ccc2nc(C)n(CC(F)(F)F)c2n1. The van der Waals surface area contributed by atoms with Crippen molar-refractivity contribution in [3.05, 3.63) is 23.7 Å². The molecule has 0 saturated carbocycles. The highest BCUT2D eigenvalue weighted by Crippen LogP contribution is 2.22. The van der Waals surface area contributed by atoms with Crippen LogP contribution in [0.15, 0.2) is 12.1 Å². The van der Waals surface area contributed by atoms with E-state index in [1.54, 1.807) is 26.0 Å². The molecule has 0 radical (unpaired) electrons. The second-order valence-electron chi connectivity index (χ2n) is 3.66. The zero-order chi connectivity index (χ0) is 11.9. The molecule has 16 heavy (non-hydrogen) atoms. The monoisotopic (exact) mass is 229 g/mol. The summed E-state index contributed by atoms with van der Waals surface area (Å²) in [5.74, 6) is 0.324.